The molecule has 8 rings (SSSR count). The third-order valence-electron chi connectivity index (χ3n) is 14.4. The second-order valence-corrected chi connectivity index (χ2v) is 17.1. The SMILES string of the molecule is CC1(C)O[C@@H]2[C@H]3CC[C@H]4C[C@@]5(C)[C@H](c6ccoc6C[C@H](CCCCCO)[C@H](O)CO)OC(=O)[C@H]6O[C@@]65[C@]5(C)[C@H](O)C(=O)[C@H]1[C@]2(COC3=O)[C@@H]45. The van der Waals surface area contributed by atoms with Crippen LogP contribution < -0.4 is 0 Å². The Morgan fingerprint density at radius 2 is 1.76 bits per heavy atom. The minimum atomic E-state index is -1.46. The van der Waals surface area contributed by atoms with E-state index in [9.17, 15) is 34.8 Å². The highest BCUT2D eigenvalue weighted by Gasteiger charge is 2.92. The summed E-state index contributed by atoms with van der Waals surface area (Å²) in [6, 6.07) is 1.78. The number of unbranched alkanes of at least 4 members (excludes halogenated alkanes) is 2. The Kier molecular flexibility index (Phi) is 7.63. The molecule has 12 nitrogen and oxygen atoms in total. The number of aliphatic hydroxyl groups excluding tert-OH is 4. The lowest BCUT2D eigenvalue weighted by Crippen LogP contribution is -2.77. The van der Waals surface area contributed by atoms with Crippen molar-refractivity contribution in [3.8, 4) is 0 Å². The number of epoxide rings is 1. The first-order valence-electron chi connectivity index (χ1n) is 18.1. The lowest BCUT2D eigenvalue weighted by molar-refractivity contribution is -0.266. The molecule has 4 saturated heterocycles. The van der Waals surface area contributed by atoms with Gasteiger partial charge in [0.1, 0.15) is 30.2 Å². The Balaban J connectivity index is 1.23. The number of rotatable bonds is 10. The smallest absolute Gasteiger partial charge is 0.339 e. The second-order valence-electron chi connectivity index (χ2n) is 17.1. The third-order valence-corrected chi connectivity index (χ3v) is 14.4. The molecule has 5 heterocycles. The zero-order chi connectivity index (χ0) is 34.9. The van der Waals surface area contributed by atoms with Crippen molar-refractivity contribution < 1.29 is 58.2 Å². The fraction of sp³-hybridized carbons (Fsp3) is 0.811. The van der Waals surface area contributed by atoms with Crippen molar-refractivity contribution in [3.05, 3.63) is 23.7 Å². The van der Waals surface area contributed by atoms with E-state index in [1.165, 1.54) is 0 Å². The van der Waals surface area contributed by atoms with E-state index in [0.717, 1.165) is 12.8 Å². The molecule has 12 heteroatoms. The van der Waals surface area contributed by atoms with Gasteiger partial charge < -0.3 is 43.8 Å². The Morgan fingerprint density at radius 1 is 0.980 bits per heavy atom. The van der Waals surface area contributed by atoms with E-state index in [1.54, 1.807) is 12.3 Å². The quantitative estimate of drug-likeness (QED) is 0.160. The molecule has 0 amide bonds. The molecular weight excluding hydrogens is 636 g/mol. The first kappa shape index (κ1) is 33.8. The van der Waals surface area contributed by atoms with Crippen LogP contribution in [0.1, 0.15) is 90.1 Å². The molecule has 49 heavy (non-hydrogen) atoms. The van der Waals surface area contributed by atoms with E-state index in [1.807, 2.05) is 27.7 Å². The summed E-state index contributed by atoms with van der Waals surface area (Å²) in [6.45, 7) is 7.36. The van der Waals surface area contributed by atoms with Crippen LogP contribution in [0.2, 0.25) is 0 Å². The van der Waals surface area contributed by atoms with E-state index in [-0.39, 0.29) is 49.1 Å². The molecular formula is C37H50O12. The molecule has 0 unspecified atom stereocenters. The lowest BCUT2D eigenvalue weighted by atomic mass is 9.34. The summed E-state index contributed by atoms with van der Waals surface area (Å²) in [5.74, 6) is -2.73. The summed E-state index contributed by atoms with van der Waals surface area (Å²) in [4.78, 5) is 41.9. The molecule has 2 spiro atoms. The van der Waals surface area contributed by atoms with Crippen LogP contribution in [-0.2, 0) is 39.8 Å². The first-order chi connectivity index (χ1) is 23.2. The van der Waals surface area contributed by atoms with Crippen LogP contribution in [0, 0.1) is 45.8 Å². The lowest BCUT2D eigenvalue weighted by Gasteiger charge is -2.68. The van der Waals surface area contributed by atoms with Gasteiger partial charge in [0.25, 0.3) is 0 Å². The number of aliphatic hydroxyl groups is 4. The average molecular weight is 687 g/mol. The molecule has 1 aromatic rings. The van der Waals surface area contributed by atoms with E-state index in [0.29, 0.717) is 43.4 Å². The van der Waals surface area contributed by atoms with Gasteiger partial charge in [-0.15, -0.1) is 0 Å². The second kappa shape index (κ2) is 11.1. The van der Waals surface area contributed by atoms with Gasteiger partial charge >= 0.3 is 11.9 Å². The van der Waals surface area contributed by atoms with Gasteiger partial charge in [-0.3, -0.25) is 9.59 Å². The van der Waals surface area contributed by atoms with Gasteiger partial charge in [0.2, 0.25) is 0 Å². The van der Waals surface area contributed by atoms with Gasteiger partial charge in [-0.1, -0.05) is 26.7 Å². The number of carbonyl (C=O) groups is 3. The highest BCUT2D eigenvalue weighted by Crippen LogP contribution is 2.82. The van der Waals surface area contributed by atoms with Crippen molar-refractivity contribution >= 4 is 17.7 Å². The number of furan rings is 1. The van der Waals surface area contributed by atoms with Gasteiger partial charge in [-0.2, -0.15) is 0 Å². The zero-order valence-electron chi connectivity index (χ0n) is 28.8. The normalized spacial score (nSPS) is 46.8. The average Bonchev–Trinajstić information content (AvgIpc) is 3.64. The molecule has 3 saturated carbocycles. The molecule has 4 aliphatic heterocycles. The largest absolute Gasteiger partial charge is 0.469 e. The first-order valence-corrected chi connectivity index (χ1v) is 18.1. The molecule has 3 aliphatic carbocycles. The maximum absolute atomic E-state index is 14.7. The van der Waals surface area contributed by atoms with Crippen LogP contribution in [0.25, 0.3) is 0 Å². The number of carbonyl (C=O) groups excluding carboxylic acids is 3. The van der Waals surface area contributed by atoms with Crippen molar-refractivity contribution in [2.45, 2.75) is 121 Å². The van der Waals surface area contributed by atoms with E-state index >= 15 is 0 Å². The van der Waals surface area contributed by atoms with Crippen molar-refractivity contribution in [1.29, 1.82) is 0 Å². The molecule has 7 fully saturated rings. The molecule has 7 aliphatic rings. The number of esters is 2. The van der Waals surface area contributed by atoms with Gasteiger partial charge in [0.15, 0.2) is 11.9 Å². The standard InChI is InChI=1S/C37H50O12/c1-33(2)26-24(41)27(42)35(4)25-19(9-10-21-29(48-33)36(25,26)17-46-31(21)43)15-34(3)28(47-32(44)30-37(34,35)49-30)20-11-13-45-23(20)14-18(22(40)16-39)8-6-5-7-12-38/h11,13,18-19,21-22,25-30,38-40,42H,5-10,12,14-17H2,1-4H3/t18-,19-,21+,22+,25-,26+,27+,28-,29+,30+,34-,35-,36-,37-/m0/s1. The van der Waals surface area contributed by atoms with Crippen molar-refractivity contribution in [3.63, 3.8) is 0 Å². The fourth-order valence-electron chi connectivity index (χ4n) is 12.8. The van der Waals surface area contributed by atoms with E-state index in [2.05, 4.69) is 0 Å². The number of cyclic esters (lactones) is 2. The third kappa shape index (κ3) is 4.10. The van der Waals surface area contributed by atoms with Gasteiger partial charge in [0.05, 0.1) is 42.5 Å². The topological polar surface area (TPSA) is 185 Å². The predicted octanol–water partition coefficient (Wildman–Crippen LogP) is 2.42. The van der Waals surface area contributed by atoms with Crippen LogP contribution in [0.4, 0.5) is 0 Å². The summed E-state index contributed by atoms with van der Waals surface area (Å²) in [7, 11) is 0. The van der Waals surface area contributed by atoms with Gasteiger partial charge in [0, 0.05) is 34.8 Å². The monoisotopic (exact) mass is 686 g/mol. The predicted molar refractivity (Wildman–Crippen MR) is 168 cm³/mol. The molecule has 1 aromatic heterocycles. The van der Waals surface area contributed by atoms with E-state index < -0.39 is 82.4 Å². The Bertz CT molecular complexity index is 1540. The van der Waals surface area contributed by atoms with Gasteiger partial charge in [-0.05, 0) is 69.8 Å². The maximum atomic E-state index is 14.7. The molecule has 270 valence electrons. The molecule has 0 radical (unpaired) electrons. The number of ketones is 1. The van der Waals surface area contributed by atoms with Gasteiger partial charge in [-0.25, -0.2) is 4.79 Å². The van der Waals surface area contributed by atoms with Crippen LogP contribution in [-0.4, -0.2) is 93.6 Å². The van der Waals surface area contributed by atoms with Crippen LogP contribution in [0.3, 0.4) is 0 Å². The number of hydrogen-bond acceptors (Lipinski definition) is 12. The molecule has 0 aromatic carbocycles. The van der Waals surface area contributed by atoms with Crippen LogP contribution in [0.5, 0.6) is 0 Å². The zero-order valence-corrected chi connectivity index (χ0v) is 28.8. The Hall–Kier alpha value is -2.35. The maximum Gasteiger partial charge on any atom is 0.339 e. The summed E-state index contributed by atoms with van der Waals surface area (Å²) < 4.78 is 31.6. The Morgan fingerprint density at radius 3 is 2.49 bits per heavy atom. The minimum Gasteiger partial charge on any atom is -0.469 e. The number of ether oxygens (including phenoxy) is 4. The highest BCUT2D eigenvalue weighted by molar-refractivity contribution is 5.92. The molecule has 4 N–H and O–H groups in total. The van der Waals surface area contributed by atoms with Crippen LogP contribution in [0.15, 0.2) is 16.7 Å². The minimum absolute atomic E-state index is 0.0143. The van der Waals surface area contributed by atoms with Crippen LogP contribution >= 0.6 is 0 Å². The Labute approximate surface area is 285 Å². The number of hydrogen-bond donors (Lipinski definition) is 4. The highest BCUT2D eigenvalue weighted by atomic mass is 16.7. The molecule has 2 bridgehead atoms. The molecule has 14 atom stereocenters. The van der Waals surface area contributed by atoms with E-state index in [4.69, 9.17) is 23.4 Å². The summed E-state index contributed by atoms with van der Waals surface area (Å²) >= 11 is 0. The fourth-order valence-corrected chi connectivity index (χ4v) is 12.8. The van der Waals surface area contributed by atoms with Crippen molar-refractivity contribution in [2.75, 3.05) is 19.8 Å². The number of Topliss-reactive ketones (excluding diaryl/α,β-unsaturated/α-hetero) is 1. The van der Waals surface area contributed by atoms with Crippen molar-refractivity contribution in [2.24, 2.45) is 45.8 Å². The van der Waals surface area contributed by atoms with Crippen molar-refractivity contribution in [1.82, 2.24) is 0 Å². The summed E-state index contributed by atoms with van der Waals surface area (Å²) in [5.41, 5.74) is -4.61. The summed E-state index contributed by atoms with van der Waals surface area (Å²) in [5, 5.41) is 42.2. The summed E-state index contributed by atoms with van der Waals surface area (Å²) in [6.07, 6.45) is 1.44.